The average molecular weight is 425 g/mol. The fourth-order valence-electron chi connectivity index (χ4n) is 3.68. The quantitative estimate of drug-likeness (QED) is 0.364. The normalized spacial score (nSPS) is 14.7. The number of nitrogens with zero attached hydrogens (tertiary/aromatic N) is 2. The molecule has 0 unspecified atom stereocenters. The summed E-state index contributed by atoms with van der Waals surface area (Å²) < 4.78 is 0. The second-order valence-electron chi connectivity index (χ2n) is 7.73. The Hall–Kier alpha value is -3.26. The van der Waals surface area contributed by atoms with Crippen molar-refractivity contribution in [3.05, 3.63) is 69.8 Å². The summed E-state index contributed by atoms with van der Waals surface area (Å²) in [7, 11) is 0. The second kappa shape index (κ2) is 10.7. The van der Waals surface area contributed by atoms with Gasteiger partial charge >= 0.3 is 0 Å². The fourth-order valence-corrected chi connectivity index (χ4v) is 3.68. The van der Waals surface area contributed by atoms with Crippen LogP contribution in [0.15, 0.2) is 48.5 Å². The van der Waals surface area contributed by atoms with Gasteiger partial charge in [0.05, 0.1) is 11.5 Å². The van der Waals surface area contributed by atoms with E-state index in [4.69, 9.17) is 0 Å². The van der Waals surface area contributed by atoms with E-state index < -0.39 is 4.92 Å². The van der Waals surface area contributed by atoms with Crippen LogP contribution in [-0.4, -0.2) is 53.7 Å². The number of hydrogen-bond acceptors (Lipinski definition) is 6. The first-order valence-corrected chi connectivity index (χ1v) is 10.6. The van der Waals surface area contributed by atoms with Crippen molar-refractivity contribution in [2.45, 2.75) is 32.2 Å². The molecule has 1 aliphatic heterocycles. The molecule has 1 fully saturated rings. The number of likely N-dealkylation sites (tertiary alicyclic amines) is 1. The van der Waals surface area contributed by atoms with Gasteiger partial charge in [0, 0.05) is 42.9 Å². The molecule has 0 atom stereocenters. The Labute approximate surface area is 181 Å². The number of benzene rings is 2. The van der Waals surface area contributed by atoms with E-state index >= 15 is 0 Å². The Balaban J connectivity index is 1.62. The van der Waals surface area contributed by atoms with Crippen molar-refractivity contribution in [3.8, 4) is 0 Å². The lowest BCUT2D eigenvalue weighted by Crippen LogP contribution is -2.44. The van der Waals surface area contributed by atoms with E-state index in [1.165, 1.54) is 6.07 Å². The Kier molecular flexibility index (Phi) is 7.72. The van der Waals surface area contributed by atoms with E-state index in [9.17, 15) is 19.7 Å². The number of ketones is 1. The van der Waals surface area contributed by atoms with Crippen molar-refractivity contribution in [1.82, 2.24) is 10.2 Å². The summed E-state index contributed by atoms with van der Waals surface area (Å²) in [6.45, 7) is 4.57. The van der Waals surface area contributed by atoms with Gasteiger partial charge in [-0.05, 0) is 31.4 Å². The van der Waals surface area contributed by atoms with E-state index in [0.29, 0.717) is 24.3 Å². The van der Waals surface area contributed by atoms with Crippen molar-refractivity contribution in [2.24, 2.45) is 0 Å². The molecule has 0 bridgehead atoms. The number of rotatable bonds is 9. The van der Waals surface area contributed by atoms with E-state index in [-0.39, 0.29) is 29.0 Å². The van der Waals surface area contributed by atoms with Gasteiger partial charge in [-0.2, -0.15) is 0 Å². The number of anilines is 1. The standard InChI is InChI=1S/C23H28N4O4/c1-2-12-24-22(28)16-26-13-10-19(11-14-26)25-20-9-8-18(15-21(20)27(30)31)23(29)17-6-4-3-5-7-17/h3-9,15,19,25H,2,10-14,16H2,1H3,(H,24,28). The minimum atomic E-state index is -0.461. The molecule has 0 saturated carbocycles. The summed E-state index contributed by atoms with van der Waals surface area (Å²) in [5.41, 5.74) is 1.08. The van der Waals surface area contributed by atoms with Crippen LogP contribution in [0.25, 0.3) is 0 Å². The third kappa shape index (κ3) is 6.11. The average Bonchev–Trinajstić information content (AvgIpc) is 2.79. The van der Waals surface area contributed by atoms with Gasteiger partial charge in [-0.15, -0.1) is 0 Å². The molecule has 0 radical (unpaired) electrons. The predicted molar refractivity (Wildman–Crippen MR) is 119 cm³/mol. The largest absolute Gasteiger partial charge is 0.377 e. The van der Waals surface area contributed by atoms with Crippen molar-refractivity contribution in [1.29, 1.82) is 0 Å². The molecule has 1 saturated heterocycles. The van der Waals surface area contributed by atoms with E-state index in [1.807, 2.05) is 13.0 Å². The summed E-state index contributed by atoms with van der Waals surface area (Å²) in [6.07, 6.45) is 2.47. The number of piperidine rings is 1. The molecule has 2 aromatic rings. The zero-order chi connectivity index (χ0) is 22.2. The molecule has 2 N–H and O–H groups in total. The SMILES string of the molecule is CCCNC(=O)CN1CCC(Nc2ccc(C(=O)c3ccccc3)cc2[N+](=O)[O-])CC1. The fraction of sp³-hybridized carbons (Fsp3) is 0.391. The molecule has 31 heavy (non-hydrogen) atoms. The maximum absolute atomic E-state index is 12.6. The Bertz CT molecular complexity index is 924. The maximum atomic E-state index is 12.6. The number of carbonyl (C=O) groups excluding carboxylic acids is 2. The lowest BCUT2D eigenvalue weighted by molar-refractivity contribution is -0.384. The van der Waals surface area contributed by atoms with Gasteiger partial charge in [-0.3, -0.25) is 24.6 Å². The second-order valence-corrected chi connectivity index (χ2v) is 7.73. The van der Waals surface area contributed by atoms with Crippen LogP contribution in [0.3, 0.4) is 0 Å². The van der Waals surface area contributed by atoms with Gasteiger partial charge in [-0.1, -0.05) is 37.3 Å². The third-order valence-corrected chi connectivity index (χ3v) is 5.38. The molecule has 0 aromatic heterocycles. The Morgan fingerprint density at radius 1 is 1.10 bits per heavy atom. The molecule has 0 spiro atoms. The topological polar surface area (TPSA) is 105 Å². The lowest BCUT2D eigenvalue weighted by atomic mass is 10.0. The molecule has 3 rings (SSSR count). The third-order valence-electron chi connectivity index (χ3n) is 5.38. The van der Waals surface area contributed by atoms with Gasteiger partial charge in [-0.25, -0.2) is 0 Å². The zero-order valence-corrected chi connectivity index (χ0v) is 17.7. The van der Waals surface area contributed by atoms with E-state index in [1.54, 1.807) is 36.4 Å². The number of hydrogen-bond donors (Lipinski definition) is 2. The molecule has 1 amide bonds. The summed E-state index contributed by atoms with van der Waals surface area (Å²) in [6, 6.07) is 13.4. The number of nitro benzene ring substituents is 1. The number of nitrogens with one attached hydrogen (secondary N) is 2. The van der Waals surface area contributed by atoms with Crippen LogP contribution >= 0.6 is 0 Å². The molecule has 8 nitrogen and oxygen atoms in total. The van der Waals surface area contributed by atoms with Crippen LogP contribution in [0, 0.1) is 10.1 Å². The van der Waals surface area contributed by atoms with Gasteiger partial charge in [0.1, 0.15) is 5.69 Å². The number of carbonyl (C=O) groups is 2. The van der Waals surface area contributed by atoms with Crippen LogP contribution in [0.4, 0.5) is 11.4 Å². The lowest BCUT2D eigenvalue weighted by Gasteiger charge is -2.32. The Morgan fingerprint density at radius 2 is 1.81 bits per heavy atom. The molecule has 8 heteroatoms. The minimum Gasteiger partial charge on any atom is -0.377 e. The van der Waals surface area contributed by atoms with E-state index in [0.717, 1.165) is 32.4 Å². The Morgan fingerprint density at radius 3 is 2.45 bits per heavy atom. The monoisotopic (exact) mass is 424 g/mol. The van der Waals surface area contributed by atoms with Crippen LogP contribution in [0.1, 0.15) is 42.1 Å². The highest BCUT2D eigenvalue weighted by Gasteiger charge is 2.24. The first-order chi connectivity index (χ1) is 15.0. The van der Waals surface area contributed by atoms with Crippen LogP contribution in [0.5, 0.6) is 0 Å². The molecule has 1 heterocycles. The highest BCUT2D eigenvalue weighted by Crippen LogP contribution is 2.29. The first-order valence-electron chi connectivity index (χ1n) is 10.6. The minimum absolute atomic E-state index is 0.0302. The van der Waals surface area contributed by atoms with Gasteiger partial charge in [0.25, 0.3) is 5.69 Å². The van der Waals surface area contributed by atoms with Crippen molar-refractivity contribution < 1.29 is 14.5 Å². The van der Waals surface area contributed by atoms with Gasteiger partial charge < -0.3 is 10.6 Å². The first kappa shape index (κ1) is 22.4. The van der Waals surface area contributed by atoms with Crippen LogP contribution < -0.4 is 10.6 Å². The van der Waals surface area contributed by atoms with Crippen LogP contribution in [-0.2, 0) is 4.79 Å². The molecule has 2 aromatic carbocycles. The van der Waals surface area contributed by atoms with Crippen molar-refractivity contribution in [3.63, 3.8) is 0 Å². The number of amides is 1. The predicted octanol–water partition coefficient (Wildman–Crippen LogP) is 3.23. The summed E-state index contributed by atoms with van der Waals surface area (Å²) >= 11 is 0. The van der Waals surface area contributed by atoms with Crippen molar-refractivity contribution >= 4 is 23.1 Å². The highest BCUT2D eigenvalue weighted by atomic mass is 16.6. The molecular weight excluding hydrogens is 396 g/mol. The molecule has 164 valence electrons. The summed E-state index contributed by atoms with van der Waals surface area (Å²) in [4.78, 5) is 37.8. The molecule has 0 aliphatic carbocycles. The zero-order valence-electron chi connectivity index (χ0n) is 17.7. The molecule has 1 aliphatic rings. The van der Waals surface area contributed by atoms with Crippen LogP contribution in [0.2, 0.25) is 0 Å². The highest BCUT2D eigenvalue weighted by molar-refractivity contribution is 6.09. The summed E-state index contributed by atoms with van der Waals surface area (Å²) in [5.74, 6) is -0.215. The summed E-state index contributed by atoms with van der Waals surface area (Å²) in [5, 5.41) is 17.8. The molecular formula is C23H28N4O4. The van der Waals surface area contributed by atoms with Gasteiger partial charge in [0.15, 0.2) is 5.78 Å². The maximum Gasteiger partial charge on any atom is 0.293 e. The smallest absolute Gasteiger partial charge is 0.293 e. The van der Waals surface area contributed by atoms with Gasteiger partial charge in [0.2, 0.25) is 5.91 Å². The van der Waals surface area contributed by atoms with Crippen molar-refractivity contribution in [2.75, 3.05) is 31.5 Å². The van der Waals surface area contributed by atoms with E-state index in [2.05, 4.69) is 15.5 Å². The number of nitro groups is 1.